The van der Waals surface area contributed by atoms with E-state index >= 15 is 0 Å². The average Bonchev–Trinajstić information content (AvgIpc) is 2.99. The van der Waals surface area contributed by atoms with Crippen LogP contribution in [0.5, 0.6) is 5.75 Å². The van der Waals surface area contributed by atoms with Gasteiger partial charge in [0, 0.05) is 6.04 Å². The third-order valence-electron chi connectivity index (χ3n) is 2.79. The van der Waals surface area contributed by atoms with Crippen LogP contribution in [-0.4, -0.2) is 44.6 Å². The summed E-state index contributed by atoms with van der Waals surface area (Å²) >= 11 is 0. The van der Waals surface area contributed by atoms with E-state index < -0.39 is 0 Å². The molecule has 0 aliphatic heterocycles. The van der Waals surface area contributed by atoms with E-state index in [9.17, 15) is 9.59 Å². The Labute approximate surface area is 139 Å². The van der Waals surface area contributed by atoms with E-state index in [1.54, 1.807) is 0 Å². The maximum absolute atomic E-state index is 11.7. The van der Waals surface area contributed by atoms with Gasteiger partial charge in [-0.05, 0) is 31.2 Å². The Balaban J connectivity index is 1.74. The second kappa shape index (κ2) is 8.61. The summed E-state index contributed by atoms with van der Waals surface area (Å²) in [5, 5.41) is 16.8. The normalized spacial score (nSPS) is 10.5. The van der Waals surface area contributed by atoms with Crippen molar-refractivity contribution in [1.82, 2.24) is 30.8 Å². The van der Waals surface area contributed by atoms with Crippen LogP contribution in [0.1, 0.15) is 19.7 Å². The van der Waals surface area contributed by atoms with Crippen LogP contribution in [0.2, 0.25) is 0 Å². The number of hydrogen-bond acceptors (Lipinski definition) is 6. The monoisotopic (exact) mass is 332 g/mol. The molecular weight excluding hydrogens is 312 g/mol. The Bertz CT molecular complexity index is 671. The van der Waals surface area contributed by atoms with Crippen molar-refractivity contribution < 1.29 is 14.3 Å². The summed E-state index contributed by atoms with van der Waals surface area (Å²) < 4.78 is 5.49. The fourth-order valence-electron chi connectivity index (χ4n) is 1.80. The quantitative estimate of drug-likeness (QED) is 0.698. The molecule has 0 aliphatic carbocycles. The maximum atomic E-state index is 11.7. The number of amides is 2. The lowest BCUT2D eigenvalue weighted by Gasteiger charge is -2.08. The standard InChI is InChI=1S/C15H20N6O3/c1-11(2)17-14(22)8-16-15(23)9-21-19-13(18-20-21)10-24-12-6-4-3-5-7-12/h3-7,11H,8-10H2,1-2H3,(H,16,23)(H,17,22). The SMILES string of the molecule is CC(C)NC(=O)CNC(=O)Cn1nnc(COc2ccccc2)n1. The molecule has 1 heterocycles. The minimum Gasteiger partial charge on any atom is -0.485 e. The van der Waals surface area contributed by atoms with Gasteiger partial charge in [0.05, 0.1) is 6.54 Å². The van der Waals surface area contributed by atoms with Crippen LogP contribution in [-0.2, 0) is 22.7 Å². The molecule has 0 saturated heterocycles. The number of nitrogens with zero attached hydrogens (tertiary/aromatic N) is 4. The lowest BCUT2D eigenvalue weighted by atomic mass is 10.3. The number of ether oxygens (including phenoxy) is 1. The highest BCUT2D eigenvalue weighted by atomic mass is 16.5. The highest BCUT2D eigenvalue weighted by Gasteiger charge is 2.10. The van der Waals surface area contributed by atoms with Crippen LogP contribution in [0.4, 0.5) is 0 Å². The van der Waals surface area contributed by atoms with Crippen LogP contribution in [0.25, 0.3) is 0 Å². The number of tetrazole rings is 1. The van der Waals surface area contributed by atoms with Crippen LogP contribution >= 0.6 is 0 Å². The predicted molar refractivity (Wildman–Crippen MR) is 84.9 cm³/mol. The van der Waals surface area contributed by atoms with E-state index in [4.69, 9.17) is 4.74 Å². The smallest absolute Gasteiger partial charge is 0.244 e. The number of carbonyl (C=O) groups excluding carboxylic acids is 2. The number of nitrogens with one attached hydrogen (secondary N) is 2. The van der Waals surface area contributed by atoms with Gasteiger partial charge in [-0.1, -0.05) is 18.2 Å². The second-order valence-electron chi connectivity index (χ2n) is 5.34. The molecule has 0 aliphatic rings. The molecule has 128 valence electrons. The van der Waals surface area contributed by atoms with Gasteiger partial charge in [-0.15, -0.1) is 10.2 Å². The zero-order valence-corrected chi connectivity index (χ0v) is 13.6. The molecule has 9 nitrogen and oxygen atoms in total. The van der Waals surface area contributed by atoms with E-state index in [0.29, 0.717) is 11.6 Å². The van der Waals surface area contributed by atoms with Gasteiger partial charge < -0.3 is 15.4 Å². The number of hydrogen-bond donors (Lipinski definition) is 2. The van der Waals surface area contributed by atoms with Crippen molar-refractivity contribution in [3.63, 3.8) is 0 Å². The molecular formula is C15H20N6O3. The molecule has 0 atom stereocenters. The van der Waals surface area contributed by atoms with Crippen LogP contribution in [0, 0.1) is 0 Å². The topological polar surface area (TPSA) is 111 Å². The number of aromatic nitrogens is 4. The fourth-order valence-corrected chi connectivity index (χ4v) is 1.80. The van der Waals surface area contributed by atoms with Crippen molar-refractivity contribution in [2.45, 2.75) is 33.0 Å². The summed E-state index contributed by atoms with van der Waals surface area (Å²) in [6.07, 6.45) is 0. The Morgan fingerprint density at radius 2 is 1.96 bits per heavy atom. The van der Waals surface area contributed by atoms with E-state index in [1.165, 1.54) is 0 Å². The first kappa shape index (κ1) is 17.4. The molecule has 0 unspecified atom stereocenters. The number of rotatable bonds is 8. The molecule has 2 rings (SSSR count). The first-order valence-electron chi connectivity index (χ1n) is 7.53. The largest absolute Gasteiger partial charge is 0.485 e. The molecule has 24 heavy (non-hydrogen) atoms. The van der Waals surface area contributed by atoms with Gasteiger partial charge in [-0.2, -0.15) is 4.80 Å². The number of benzene rings is 1. The average molecular weight is 332 g/mol. The van der Waals surface area contributed by atoms with E-state index in [2.05, 4.69) is 26.0 Å². The first-order valence-corrected chi connectivity index (χ1v) is 7.53. The van der Waals surface area contributed by atoms with Gasteiger partial charge in [0.25, 0.3) is 0 Å². The van der Waals surface area contributed by atoms with Gasteiger partial charge in [-0.25, -0.2) is 0 Å². The van der Waals surface area contributed by atoms with Crippen molar-refractivity contribution in [1.29, 1.82) is 0 Å². The lowest BCUT2D eigenvalue weighted by molar-refractivity contribution is -0.126. The third-order valence-corrected chi connectivity index (χ3v) is 2.79. The van der Waals surface area contributed by atoms with Crippen LogP contribution in [0.3, 0.4) is 0 Å². The van der Waals surface area contributed by atoms with Gasteiger partial charge in [0.15, 0.2) is 6.61 Å². The molecule has 0 fully saturated rings. The molecule has 0 bridgehead atoms. The number of carbonyl (C=O) groups is 2. The van der Waals surface area contributed by atoms with Gasteiger partial charge >= 0.3 is 0 Å². The van der Waals surface area contributed by atoms with Crippen molar-refractivity contribution in [2.75, 3.05) is 6.54 Å². The summed E-state index contributed by atoms with van der Waals surface area (Å²) in [6, 6.07) is 9.28. The number of para-hydroxylation sites is 1. The Kier molecular flexibility index (Phi) is 6.23. The summed E-state index contributed by atoms with van der Waals surface area (Å²) in [5.74, 6) is 0.440. The van der Waals surface area contributed by atoms with Crippen molar-refractivity contribution in [3.05, 3.63) is 36.2 Å². The third kappa shape index (κ3) is 6.03. The summed E-state index contributed by atoms with van der Waals surface area (Å²) in [6.45, 7) is 3.64. The predicted octanol–water partition coefficient (Wildman–Crippen LogP) is -0.107. The van der Waals surface area contributed by atoms with Crippen molar-refractivity contribution >= 4 is 11.8 Å². The highest BCUT2D eigenvalue weighted by Crippen LogP contribution is 2.09. The molecule has 2 aromatic rings. The second-order valence-corrected chi connectivity index (χ2v) is 5.34. The van der Waals surface area contributed by atoms with Crippen LogP contribution < -0.4 is 15.4 Å². The molecule has 2 amide bonds. The van der Waals surface area contributed by atoms with Gasteiger partial charge in [0.2, 0.25) is 17.6 Å². The van der Waals surface area contributed by atoms with Gasteiger partial charge in [-0.3, -0.25) is 9.59 Å². The Hall–Kier alpha value is -2.97. The minimum absolute atomic E-state index is 0.0264. The minimum atomic E-state index is -0.373. The van der Waals surface area contributed by atoms with Crippen molar-refractivity contribution in [2.24, 2.45) is 0 Å². The zero-order chi connectivity index (χ0) is 17.4. The zero-order valence-electron chi connectivity index (χ0n) is 13.6. The molecule has 1 aromatic heterocycles. The molecule has 0 radical (unpaired) electrons. The Morgan fingerprint density at radius 1 is 1.21 bits per heavy atom. The summed E-state index contributed by atoms with van der Waals surface area (Å²) in [5.41, 5.74) is 0. The summed E-state index contributed by atoms with van der Waals surface area (Å²) in [4.78, 5) is 24.3. The van der Waals surface area contributed by atoms with E-state index in [1.807, 2.05) is 44.2 Å². The lowest BCUT2D eigenvalue weighted by Crippen LogP contribution is -2.40. The summed E-state index contributed by atoms with van der Waals surface area (Å²) in [7, 11) is 0. The molecule has 0 saturated carbocycles. The first-order chi connectivity index (χ1) is 11.5. The van der Waals surface area contributed by atoms with E-state index in [-0.39, 0.29) is 37.6 Å². The molecule has 0 spiro atoms. The Morgan fingerprint density at radius 3 is 2.67 bits per heavy atom. The van der Waals surface area contributed by atoms with E-state index in [0.717, 1.165) is 4.80 Å². The van der Waals surface area contributed by atoms with Gasteiger partial charge in [0.1, 0.15) is 12.3 Å². The molecule has 1 aromatic carbocycles. The highest BCUT2D eigenvalue weighted by molar-refractivity contribution is 5.84. The fraction of sp³-hybridized carbons (Fsp3) is 0.400. The maximum Gasteiger partial charge on any atom is 0.244 e. The van der Waals surface area contributed by atoms with Crippen LogP contribution in [0.15, 0.2) is 30.3 Å². The molecule has 2 N–H and O–H groups in total. The molecule has 9 heteroatoms. The van der Waals surface area contributed by atoms with Crippen molar-refractivity contribution in [3.8, 4) is 5.75 Å².